The van der Waals surface area contributed by atoms with Gasteiger partial charge in [0.15, 0.2) is 0 Å². The summed E-state index contributed by atoms with van der Waals surface area (Å²) in [4.78, 5) is 0. The fourth-order valence-electron chi connectivity index (χ4n) is 0.548. The van der Waals surface area contributed by atoms with Crippen LogP contribution in [0.25, 0.3) is 0 Å². The second kappa shape index (κ2) is 1.74. The van der Waals surface area contributed by atoms with Crippen LogP contribution in [0.15, 0.2) is 10.8 Å². The van der Waals surface area contributed by atoms with E-state index in [2.05, 4.69) is 0 Å². The monoisotopic (exact) mass is 118 g/mol. The van der Waals surface area contributed by atoms with Gasteiger partial charge in [0, 0.05) is 6.42 Å². The van der Waals surface area contributed by atoms with Crippen molar-refractivity contribution in [1.82, 2.24) is 0 Å². The molecule has 0 fully saturated rings. The lowest BCUT2D eigenvalue weighted by atomic mass is 10.4. The van der Waals surface area contributed by atoms with Crippen molar-refractivity contribution in [3.05, 3.63) is 10.8 Å². The van der Waals surface area contributed by atoms with Crippen molar-refractivity contribution in [2.75, 3.05) is 6.61 Å². The van der Waals surface area contributed by atoms with Crippen LogP contribution in [0.1, 0.15) is 13.3 Å². The maximum absolute atomic E-state index is 5.62. The lowest BCUT2D eigenvalue weighted by Crippen LogP contribution is -1.76. The van der Waals surface area contributed by atoms with E-state index in [9.17, 15) is 0 Å². The van der Waals surface area contributed by atoms with Crippen molar-refractivity contribution >= 4 is 11.6 Å². The highest BCUT2D eigenvalue weighted by molar-refractivity contribution is 6.29. The Kier molecular flexibility index (Phi) is 1.24. The van der Waals surface area contributed by atoms with E-state index in [1.54, 1.807) is 0 Å². The molecule has 0 aromatic heterocycles. The highest BCUT2D eigenvalue weighted by Crippen LogP contribution is 2.20. The Bertz CT molecular complexity index is 94.6. The molecule has 0 aliphatic carbocycles. The molecule has 0 saturated heterocycles. The van der Waals surface area contributed by atoms with E-state index in [-0.39, 0.29) is 0 Å². The third-order valence-electron chi connectivity index (χ3n) is 1.02. The van der Waals surface area contributed by atoms with Crippen molar-refractivity contribution < 1.29 is 4.74 Å². The van der Waals surface area contributed by atoms with E-state index in [4.69, 9.17) is 16.3 Å². The van der Waals surface area contributed by atoms with Crippen LogP contribution in [0.3, 0.4) is 0 Å². The first-order valence-electron chi connectivity index (χ1n) is 2.29. The molecule has 0 atom stereocenters. The first-order valence-corrected chi connectivity index (χ1v) is 2.66. The fourth-order valence-corrected chi connectivity index (χ4v) is 0.680. The number of hydrogen-bond donors (Lipinski definition) is 0. The molecule has 1 rings (SSSR count). The van der Waals surface area contributed by atoms with Gasteiger partial charge in [0.1, 0.15) is 5.76 Å². The van der Waals surface area contributed by atoms with Gasteiger partial charge in [0.25, 0.3) is 0 Å². The Morgan fingerprint density at radius 3 is 2.57 bits per heavy atom. The Morgan fingerprint density at radius 1 is 1.71 bits per heavy atom. The highest BCUT2D eigenvalue weighted by atomic mass is 35.5. The summed E-state index contributed by atoms with van der Waals surface area (Å²) >= 11 is 5.62. The molecule has 2 heteroatoms. The van der Waals surface area contributed by atoms with Crippen LogP contribution in [0.5, 0.6) is 0 Å². The van der Waals surface area contributed by atoms with Gasteiger partial charge in [-0.3, -0.25) is 0 Å². The summed E-state index contributed by atoms with van der Waals surface area (Å²) in [5.74, 6) is 0.890. The zero-order valence-electron chi connectivity index (χ0n) is 4.20. The van der Waals surface area contributed by atoms with Gasteiger partial charge in [0.2, 0.25) is 0 Å². The molecule has 7 heavy (non-hydrogen) atoms. The summed E-state index contributed by atoms with van der Waals surface area (Å²) in [7, 11) is 0. The largest absolute Gasteiger partial charge is 0.497 e. The molecule has 0 N–H and O–H groups in total. The van der Waals surface area contributed by atoms with E-state index in [0.29, 0.717) is 0 Å². The van der Waals surface area contributed by atoms with Crippen LogP contribution in [0.2, 0.25) is 0 Å². The summed E-state index contributed by atoms with van der Waals surface area (Å²) in [5.41, 5.74) is 0. The van der Waals surface area contributed by atoms with E-state index in [1.807, 2.05) is 6.92 Å². The minimum atomic E-state index is 0.769. The fraction of sp³-hybridized carbons (Fsp3) is 0.600. The van der Waals surface area contributed by atoms with Crippen LogP contribution in [-0.4, -0.2) is 6.61 Å². The SMILES string of the molecule is CC1=C(Cl)CCO1. The third kappa shape index (κ3) is 0.885. The van der Waals surface area contributed by atoms with Gasteiger partial charge < -0.3 is 4.74 Å². The quantitative estimate of drug-likeness (QED) is 0.472. The van der Waals surface area contributed by atoms with Crippen LogP contribution in [0.4, 0.5) is 0 Å². The molecular weight excluding hydrogens is 112 g/mol. The lowest BCUT2D eigenvalue weighted by molar-refractivity contribution is 0.246. The smallest absolute Gasteiger partial charge is 0.107 e. The van der Waals surface area contributed by atoms with Gasteiger partial charge in [-0.15, -0.1) is 0 Å². The topological polar surface area (TPSA) is 9.23 Å². The molecule has 0 aromatic rings. The summed E-state index contributed by atoms with van der Waals surface area (Å²) in [5, 5.41) is 0.875. The summed E-state index contributed by atoms with van der Waals surface area (Å²) in [6.07, 6.45) is 0.896. The van der Waals surface area contributed by atoms with Crippen LogP contribution >= 0.6 is 11.6 Å². The Labute approximate surface area is 47.9 Å². The van der Waals surface area contributed by atoms with Crippen molar-refractivity contribution in [3.63, 3.8) is 0 Å². The number of rotatable bonds is 0. The van der Waals surface area contributed by atoms with Crippen LogP contribution < -0.4 is 0 Å². The molecule has 40 valence electrons. The zero-order chi connectivity index (χ0) is 5.28. The summed E-state index contributed by atoms with van der Waals surface area (Å²) in [6.45, 7) is 2.65. The molecule has 0 unspecified atom stereocenters. The molecule has 0 aromatic carbocycles. The molecule has 1 heterocycles. The van der Waals surface area contributed by atoms with Gasteiger partial charge in [-0.05, 0) is 6.92 Å². The number of hydrogen-bond acceptors (Lipinski definition) is 1. The first-order chi connectivity index (χ1) is 3.30. The maximum Gasteiger partial charge on any atom is 0.107 e. The average Bonchev–Trinajstić information content (AvgIpc) is 1.91. The predicted molar refractivity (Wildman–Crippen MR) is 29.1 cm³/mol. The van der Waals surface area contributed by atoms with Gasteiger partial charge >= 0.3 is 0 Å². The van der Waals surface area contributed by atoms with Gasteiger partial charge in [-0.2, -0.15) is 0 Å². The molecule has 0 saturated carbocycles. The second-order valence-corrected chi connectivity index (χ2v) is 2.02. The third-order valence-corrected chi connectivity index (χ3v) is 1.48. The number of allylic oxidation sites excluding steroid dienone is 1. The minimum Gasteiger partial charge on any atom is -0.497 e. The average molecular weight is 119 g/mol. The molecule has 1 aliphatic rings. The molecule has 0 radical (unpaired) electrons. The van der Waals surface area contributed by atoms with E-state index in [0.717, 1.165) is 23.8 Å². The summed E-state index contributed by atoms with van der Waals surface area (Å²) in [6, 6.07) is 0. The standard InChI is InChI=1S/C5H7ClO/c1-4-5(6)2-3-7-4/h2-3H2,1H3. The lowest BCUT2D eigenvalue weighted by Gasteiger charge is -1.90. The predicted octanol–water partition coefficient (Wildman–Crippen LogP) is 1.88. The number of ether oxygens (including phenoxy) is 1. The van der Waals surface area contributed by atoms with Crippen molar-refractivity contribution in [3.8, 4) is 0 Å². The maximum atomic E-state index is 5.62. The molecule has 1 nitrogen and oxygen atoms in total. The van der Waals surface area contributed by atoms with Gasteiger partial charge in [-0.1, -0.05) is 11.6 Å². The Balaban J connectivity index is 2.64. The van der Waals surface area contributed by atoms with Crippen molar-refractivity contribution in [2.24, 2.45) is 0 Å². The van der Waals surface area contributed by atoms with Gasteiger partial charge in [-0.25, -0.2) is 0 Å². The van der Waals surface area contributed by atoms with E-state index >= 15 is 0 Å². The first kappa shape index (κ1) is 4.98. The normalized spacial score (nSPS) is 20.3. The second-order valence-electron chi connectivity index (χ2n) is 1.56. The molecular formula is C5H7ClO. The van der Waals surface area contributed by atoms with Crippen molar-refractivity contribution in [1.29, 1.82) is 0 Å². The number of halogens is 1. The van der Waals surface area contributed by atoms with E-state index in [1.165, 1.54) is 0 Å². The Hall–Kier alpha value is -0.170. The molecule has 0 amide bonds. The minimum absolute atomic E-state index is 0.769. The molecule has 0 bridgehead atoms. The summed E-state index contributed by atoms with van der Waals surface area (Å²) < 4.78 is 5.01. The van der Waals surface area contributed by atoms with Crippen LogP contribution in [0, 0.1) is 0 Å². The molecule has 0 spiro atoms. The zero-order valence-corrected chi connectivity index (χ0v) is 4.96. The van der Waals surface area contributed by atoms with Crippen LogP contribution in [-0.2, 0) is 4.74 Å². The van der Waals surface area contributed by atoms with E-state index < -0.39 is 0 Å². The van der Waals surface area contributed by atoms with Crippen molar-refractivity contribution in [2.45, 2.75) is 13.3 Å². The van der Waals surface area contributed by atoms with Gasteiger partial charge in [0.05, 0.1) is 11.6 Å². The highest BCUT2D eigenvalue weighted by Gasteiger charge is 2.07. The molecule has 1 aliphatic heterocycles. The Morgan fingerprint density at radius 2 is 2.43 bits per heavy atom.